The molecule has 0 saturated carbocycles. The minimum Gasteiger partial charge on any atom is -0.374 e. The molecule has 0 aromatic heterocycles. The van der Waals surface area contributed by atoms with Crippen LogP contribution in [-0.4, -0.2) is 37.1 Å². The molecule has 0 aliphatic carbocycles. The van der Waals surface area contributed by atoms with E-state index in [0.29, 0.717) is 19.8 Å². The summed E-state index contributed by atoms with van der Waals surface area (Å²) in [6.45, 7) is 3.47. The van der Waals surface area contributed by atoms with Crippen LogP contribution in [0.25, 0.3) is 10.4 Å². The van der Waals surface area contributed by atoms with Gasteiger partial charge in [-0.1, -0.05) is 96.1 Å². The number of hydrogen-bond acceptors (Lipinski definition) is 5. The van der Waals surface area contributed by atoms with Crippen molar-refractivity contribution < 1.29 is 18.9 Å². The molecule has 182 valence electrons. The van der Waals surface area contributed by atoms with Gasteiger partial charge in [0.1, 0.15) is 6.10 Å². The smallest absolute Gasteiger partial charge is 0.110 e. The Balaban J connectivity index is 1.49. The van der Waals surface area contributed by atoms with Crippen LogP contribution in [0.1, 0.15) is 23.6 Å². The Kier molecular flexibility index (Phi) is 9.29. The number of ether oxygens (including phenoxy) is 4. The molecule has 3 aromatic carbocycles. The van der Waals surface area contributed by atoms with E-state index < -0.39 is 24.4 Å². The van der Waals surface area contributed by atoms with Gasteiger partial charge in [-0.3, -0.25) is 0 Å². The highest BCUT2D eigenvalue weighted by atomic mass is 16.6. The Labute approximate surface area is 206 Å². The first-order chi connectivity index (χ1) is 17.2. The molecule has 0 amide bonds. The highest BCUT2D eigenvalue weighted by molar-refractivity contribution is 5.15. The van der Waals surface area contributed by atoms with Crippen molar-refractivity contribution in [1.29, 1.82) is 0 Å². The van der Waals surface area contributed by atoms with Crippen LogP contribution in [0.5, 0.6) is 0 Å². The molecule has 7 nitrogen and oxygen atoms in total. The standard InChI is InChI=1S/C28H31N3O4/c1-21-27(33-18-23-13-7-3-8-14-23)28(34-19-24-15-9-4-10-16-24)26(30-31-29)25(35-21)20-32-17-22-11-5-2-6-12-22/h2-16,21,25-28H,17-20H2,1H3/t21-,25-,26-,27+,28+/m1/s1. The largest absolute Gasteiger partial charge is 0.374 e. The highest BCUT2D eigenvalue weighted by Gasteiger charge is 2.45. The lowest BCUT2D eigenvalue weighted by molar-refractivity contribution is -0.220. The number of nitrogens with zero attached hydrogens (tertiary/aromatic N) is 3. The monoisotopic (exact) mass is 473 g/mol. The highest BCUT2D eigenvalue weighted by Crippen LogP contribution is 2.30. The van der Waals surface area contributed by atoms with Gasteiger partial charge in [0, 0.05) is 4.91 Å². The van der Waals surface area contributed by atoms with E-state index in [2.05, 4.69) is 10.0 Å². The predicted octanol–water partition coefficient (Wildman–Crippen LogP) is 5.84. The van der Waals surface area contributed by atoms with Crippen LogP contribution >= 0.6 is 0 Å². The predicted molar refractivity (Wildman–Crippen MR) is 133 cm³/mol. The summed E-state index contributed by atoms with van der Waals surface area (Å²) in [7, 11) is 0. The number of hydrogen-bond donors (Lipinski definition) is 0. The Morgan fingerprint density at radius 2 is 1.23 bits per heavy atom. The topological polar surface area (TPSA) is 85.7 Å². The van der Waals surface area contributed by atoms with E-state index in [0.717, 1.165) is 16.7 Å². The van der Waals surface area contributed by atoms with Gasteiger partial charge in [-0.25, -0.2) is 0 Å². The summed E-state index contributed by atoms with van der Waals surface area (Å²) in [5, 5.41) is 4.09. The van der Waals surface area contributed by atoms with Crippen LogP contribution < -0.4 is 0 Å². The van der Waals surface area contributed by atoms with Gasteiger partial charge in [-0.15, -0.1) is 0 Å². The third-order valence-corrected chi connectivity index (χ3v) is 6.04. The fraction of sp³-hybridized carbons (Fsp3) is 0.357. The Bertz CT molecular complexity index is 1060. The van der Waals surface area contributed by atoms with Crippen molar-refractivity contribution in [3.63, 3.8) is 0 Å². The molecule has 0 radical (unpaired) electrons. The van der Waals surface area contributed by atoms with E-state index >= 15 is 0 Å². The molecule has 1 fully saturated rings. The second-order valence-corrected chi connectivity index (χ2v) is 8.60. The second kappa shape index (κ2) is 13.0. The zero-order chi connectivity index (χ0) is 24.3. The molecule has 3 aromatic rings. The summed E-state index contributed by atoms with van der Waals surface area (Å²) in [6, 6.07) is 29.2. The summed E-state index contributed by atoms with van der Waals surface area (Å²) in [5.74, 6) is 0. The molecule has 1 aliphatic heterocycles. The van der Waals surface area contributed by atoms with Crippen molar-refractivity contribution in [3.8, 4) is 0 Å². The lowest BCUT2D eigenvalue weighted by Gasteiger charge is -2.44. The van der Waals surface area contributed by atoms with Crippen molar-refractivity contribution in [3.05, 3.63) is 118 Å². The maximum absolute atomic E-state index is 9.37. The average Bonchev–Trinajstić information content (AvgIpc) is 2.90. The minimum absolute atomic E-state index is 0.277. The van der Waals surface area contributed by atoms with Crippen LogP contribution in [0, 0.1) is 0 Å². The normalized spacial score (nSPS) is 24.0. The fourth-order valence-electron chi connectivity index (χ4n) is 4.27. The molecule has 1 aliphatic rings. The molecule has 5 atom stereocenters. The molecule has 1 heterocycles. The van der Waals surface area contributed by atoms with Gasteiger partial charge < -0.3 is 18.9 Å². The molecule has 0 spiro atoms. The van der Waals surface area contributed by atoms with Crippen LogP contribution in [-0.2, 0) is 38.8 Å². The lowest BCUT2D eigenvalue weighted by atomic mass is 9.93. The first-order valence-electron chi connectivity index (χ1n) is 11.9. The number of rotatable bonds is 11. The summed E-state index contributed by atoms with van der Waals surface area (Å²) >= 11 is 0. The van der Waals surface area contributed by atoms with E-state index in [-0.39, 0.29) is 12.7 Å². The maximum atomic E-state index is 9.37. The molecular formula is C28H31N3O4. The van der Waals surface area contributed by atoms with Crippen LogP contribution in [0.3, 0.4) is 0 Å². The van der Waals surface area contributed by atoms with Crippen molar-refractivity contribution in [1.82, 2.24) is 0 Å². The van der Waals surface area contributed by atoms with Crippen molar-refractivity contribution in [2.75, 3.05) is 6.61 Å². The number of azide groups is 1. The van der Waals surface area contributed by atoms with Crippen LogP contribution in [0.4, 0.5) is 0 Å². The maximum Gasteiger partial charge on any atom is 0.110 e. The summed E-state index contributed by atoms with van der Waals surface area (Å²) in [5.41, 5.74) is 12.5. The molecule has 4 rings (SSSR count). The van der Waals surface area contributed by atoms with Crippen LogP contribution in [0.2, 0.25) is 0 Å². The molecule has 1 saturated heterocycles. The van der Waals surface area contributed by atoms with Gasteiger partial charge in [-0.2, -0.15) is 0 Å². The Hall–Kier alpha value is -3.19. The summed E-state index contributed by atoms with van der Waals surface area (Å²) in [6.07, 6.45) is -1.65. The Morgan fingerprint density at radius 1 is 0.743 bits per heavy atom. The molecule has 7 heteroatoms. The van der Waals surface area contributed by atoms with Crippen LogP contribution in [0.15, 0.2) is 96.1 Å². The van der Waals surface area contributed by atoms with Gasteiger partial charge >= 0.3 is 0 Å². The molecule has 0 N–H and O–H groups in total. The van der Waals surface area contributed by atoms with Crippen molar-refractivity contribution in [2.24, 2.45) is 5.11 Å². The van der Waals surface area contributed by atoms with E-state index in [1.165, 1.54) is 0 Å². The third kappa shape index (κ3) is 7.15. The molecule has 35 heavy (non-hydrogen) atoms. The van der Waals surface area contributed by atoms with Crippen molar-refractivity contribution in [2.45, 2.75) is 57.2 Å². The zero-order valence-corrected chi connectivity index (χ0v) is 19.9. The summed E-state index contributed by atoms with van der Waals surface area (Å²) in [4.78, 5) is 3.11. The van der Waals surface area contributed by atoms with Crippen molar-refractivity contribution >= 4 is 0 Å². The third-order valence-electron chi connectivity index (χ3n) is 6.04. The zero-order valence-electron chi connectivity index (χ0n) is 19.9. The minimum atomic E-state index is -0.601. The van der Waals surface area contributed by atoms with E-state index in [1.807, 2.05) is 97.9 Å². The first-order valence-corrected chi connectivity index (χ1v) is 11.9. The molecular weight excluding hydrogens is 442 g/mol. The first kappa shape index (κ1) is 24.9. The van der Waals surface area contributed by atoms with E-state index in [4.69, 9.17) is 18.9 Å². The average molecular weight is 474 g/mol. The number of benzene rings is 3. The summed E-state index contributed by atoms with van der Waals surface area (Å²) < 4.78 is 24.9. The van der Waals surface area contributed by atoms with Gasteiger partial charge in [0.05, 0.1) is 50.8 Å². The molecule has 0 unspecified atom stereocenters. The molecule has 0 bridgehead atoms. The van der Waals surface area contributed by atoms with Gasteiger partial charge in [0.25, 0.3) is 0 Å². The van der Waals surface area contributed by atoms with E-state index in [1.54, 1.807) is 0 Å². The van der Waals surface area contributed by atoms with Gasteiger partial charge in [0.15, 0.2) is 0 Å². The lowest BCUT2D eigenvalue weighted by Crippen LogP contribution is -2.58. The van der Waals surface area contributed by atoms with E-state index in [9.17, 15) is 5.53 Å². The second-order valence-electron chi connectivity index (χ2n) is 8.60. The van der Waals surface area contributed by atoms with Gasteiger partial charge in [-0.05, 0) is 29.1 Å². The van der Waals surface area contributed by atoms with Gasteiger partial charge in [0.2, 0.25) is 0 Å². The quantitative estimate of drug-likeness (QED) is 0.199. The SMILES string of the molecule is C[C@H]1O[C@H](COCc2ccccc2)[C@@H](N=[N+]=[N-])[C@H](OCc2ccccc2)[C@H]1OCc1ccccc1. The fourth-order valence-corrected chi connectivity index (χ4v) is 4.27. The Morgan fingerprint density at radius 3 is 1.74 bits per heavy atom.